The number of hydrogen-bond donors (Lipinski definition) is 1. The third kappa shape index (κ3) is 2.30. The lowest BCUT2D eigenvalue weighted by Gasteiger charge is -2.08. The first-order chi connectivity index (χ1) is 8.63. The third-order valence-corrected chi connectivity index (χ3v) is 2.90. The monoisotopic (exact) mass is 243 g/mol. The van der Waals surface area contributed by atoms with Crippen molar-refractivity contribution in [3.05, 3.63) is 47.3 Å². The summed E-state index contributed by atoms with van der Waals surface area (Å²) >= 11 is 0. The van der Waals surface area contributed by atoms with E-state index < -0.39 is 0 Å². The molecule has 1 aromatic heterocycles. The van der Waals surface area contributed by atoms with Crippen molar-refractivity contribution in [2.45, 2.75) is 20.8 Å². The van der Waals surface area contributed by atoms with Crippen molar-refractivity contribution < 1.29 is 9.53 Å². The molecule has 1 N–H and O–H groups in total. The number of H-pyrrole nitrogens is 1. The molecule has 0 unspecified atom stereocenters. The van der Waals surface area contributed by atoms with Gasteiger partial charge in [-0.3, -0.25) is 0 Å². The molecule has 2 aromatic rings. The predicted octanol–water partition coefficient (Wildman–Crippen LogP) is 3.48. The van der Waals surface area contributed by atoms with Crippen molar-refractivity contribution in [3.8, 4) is 11.1 Å². The van der Waals surface area contributed by atoms with Gasteiger partial charge in [0, 0.05) is 11.8 Å². The summed E-state index contributed by atoms with van der Waals surface area (Å²) in [6.45, 7) is 6.28. The molecule has 2 rings (SSSR count). The van der Waals surface area contributed by atoms with Gasteiger partial charge in [0.05, 0.1) is 6.61 Å². The lowest BCUT2D eigenvalue weighted by Crippen LogP contribution is -2.06. The first-order valence-corrected chi connectivity index (χ1v) is 6.05. The fourth-order valence-corrected chi connectivity index (χ4v) is 2.08. The summed E-state index contributed by atoms with van der Waals surface area (Å²) in [5.41, 5.74) is 4.84. The third-order valence-electron chi connectivity index (χ3n) is 2.90. The van der Waals surface area contributed by atoms with E-state index in [0.717, 1.165) is 16.7 Å². The van der Waals surface area contributed by atoms with Crippen LogP contribution in [0.5, 0.6) is 0 Å². The number of carbonyl (C=O) groups excluding carboxylic acids is 1. The second-order valence-electron chi connectivity index (χ2n) is 4.31. The topological polar surface area (TPSA) is 42.1 Å². The molecule has 1 aromatic carbocycles. The highest BCUT2D eigenvalue weighted by Gasteiger charge is 2.16. The molecule has 0 fully saturated rings. The van der Waals surface area contributed by atoms with E-state index in [1.807, 2.05) is 25.1 Å². The van der Waals surface area contributed by atoms with Gasteiger partial charge in [-0.2, -0.15) is 0 Å². The van der Waals surface area contributed by atoms with Crippen molar-refractivity contribution in [2.24, 2.45) is 0 Å². The van der Waals surface area contributed by atoms with E-state index in [0.29, 0.717) is 12.3 Å². The van der Waals surface area contributed by atoms with Crippen LogP contribution in [0.25, 0.3) is 11.1 Å². The van der Waals surface area contributed by atoms with E-state index >= 15 is 0 Å². The molecule has 0 aliphatic rings. The second-order valence-corrected chi connectivity index (χ2v) is 4.31. The summed E-state index contributed by atoms with van der Waals surface area (Å²) in [5, 5.41) is 0. The van der Waals surface area contributed by atoms with E-state index in [1.165, 1.54) is 5.56 Å². The summed E-state index contributed by atoms with van der Waals surface area (Å²) < 4.78 is 5.04. The van der Waals surface area contributed by atoms with E-state index in [4.69, 9.17) is 4.74 Å². The Labute approximate surface area is 107 Å². The molecule has 0 aliphatic carbocycles. The van der Waals surface area contributed by atoms with Crippen molar-refractivity contribution in [3.63, 3.8) is 0 Å². The van der Waals surface area contributed by atoms with E-state index in [2.05, 4.69) is 18.0 Å². The van der Waals surface area contributed by atoms with E-state index in [9.17, 15) is 4.79 Å². The molecule has 0 amide bonds. The van der Waals surface area contributed by atoms with Gasteiger partial charge in [-0.25, -0.2) is 4.79 Å². The van der Waals surface area contributed by atoms with Crippen LogP contribution in [0, 0.1) is 13.8 Å². The van der Waals surface area contributed by atoms with Crippen LogP contribution >= 0.6 is 0 Å². The molecule has 94 valence electrons. The number of aromatic amines is 1. The minimum absolute atomic E-state index is 0.308. The minimum Gasteiger partial charge on any atom is -0.461 e. The number of carbonyl (C=O) groups is 1. The molecule has 0 atom stereocenters. The molecule has 18 heavy (non-hydrogen) atoms. The lowest BCUT2D eigenvalue weighted by atomic mass is 9.99. The van der Waals surface area contributed by atoms with Crippen molar-refractivity contribution in [2.75, 3.05) is 6.61 Å². The maximum absolute atomic E-state index is 11.8. The Morgan fingerprint density at radius 3 is 2.67 bits per heavy atom. The molecule has 3 nitrogen and oxygen atoms in total. The SMILES string of the molecule is CCOC(=O)c1[nH]ccc1-c1ccc(C)cc1C. The van der Waals surface area contributed by atoms with Crippen LogP contribution in [0.3, 0.4) is 0 Å². The molecule has 1 heterocycles. The smallest absolute Gasteiger partial charge is 0.355 e. The molecule has 0 bridgehead atoms. The summed E-state index contributed by atoms with van der Waals surface area (Å²) in [6, 6.07) is 8.10. The average Bonchev–Trinajstić information content (AvgIpc) is 2.78. The Hall–Kier alpha value is -2.03. The Morgan fingerprint density at radius 1 is 1.22 bits per heavy atom. The molecule has 0 aliphatic heterocycles. The molecule has 0 radical (unpaired) electrons. The molecule has 0 saturated carbocycles. The predicted molar refractivity (Wildman–Crippen MR) is 71.7 cm³/mol. The lowest BCUT2D eigenvalue weighted by molar-refractivity contribution is 0.0521. The van der Waals surface area contributed by atoms with Crippen molar-refractivity contribution in [1.29, 1.82) is 0 Å². The highest BCUT2D eigenvalue weighted by molar-refractivity contribution is 5.96. The fourth-order valence-electron chi connectivity index (χ4n) is 2.08. The van der Waals surface area contributed by atoms with Crippen LogP contribution in [0.15, 0.2) is 30.5 Å². The van der Waals surface area contributed by atoms with Crippen LogP contribution in [-0.2, 0) is 4.74 Å². The Balaban J connectivity index is 2.45. The largest absolute Gasteiger partial charge is 0.461 e. The number of aryl methyl sites for hydroxylation is 2. The van der Waals surface area contributed by atoms with E-state index in [1.54, 1.807) is 13.1 Å². The van der Waals surface area contributed by atoms with E-state index in [-0.39, 0.29) is 5.97 Å². The summed E-state index contributed by atoms with van der Waals surface area (Å²) in [5.74, 6) is -0.308. The molecule has 3 heteroatoms. The number of benzene rings is 1. The second kappa shape index (κ2) is 5.08. The van der Waals surface area contributed by atoms with Crippen molar-refractivity contribution >= 4 is 5.97 Å². The van der Waals surface area contributed by atoms with Gasteiger partial charge in [-0.1, -0.05) is 23.8 Å². The quantitative estimate of drug-likeness (QED) is 0.839. The summed E-state index contributed by atoms with van der Waals surface area (Å²) in [4.78, 5) is 14.8. The van der Waals surface area contributed by atoms with Gasteiger partial charge in [-0.05, 0) is 38.0 Å². The zero-order valence-electron chi connectivity index (χ0n) is 10.9. The fraction of sp³-hybridized carbons (Fsp3) is 0.267. The van der Waals surface area contributed by atoms with Gasteiger partial charge >= 0.3 is 5.97 Å². The Kier molecular flexibility index (Phi) is 3.51. The maximum atomic E-state index is 11.8. The zero-order valence-corrected chi connectivity index (χ0v) is 10.9. The molecule has 0 spiro atoms. The number of hydrogen-bond acceptors (Lipinski definition) is 2. The van der Waals surface area contributed by atoms with Gasteiger partial charge in [-0.15, -0.1) is 0 Å². The van der Waals surface area contributed by atoms with Gasteiger partial charge in [0.15, 0.2) is 0 Å². The normalized spacial score (nSPS) is 10.4. The molecular weight excluding hydrogens is 226 g/mol. The first kappa shape index (κ1) is 12.4. The van der Waals surface area contributed by atoms with Gasteiger partial charge in [0.25, 0.3) is 0 Å². The van der Waals surface area contributed by atoms with Crippen LogP contribution in [0.2, 0.25) is 0 Å². The van der Waals surface area contributed by atoms with Gasteiger partial charge < -0.3 is 9.72 Å². The number of esters is 1. The van der Waals surface area contributed by atoms with Gasteiger partial charge in [0.1, 0.15) is 5.69 Å². The Morgan fingerprint density at radius 2 is 2.00 bits per heavy atom. The Bertz CT molecular complexity index is 570. The average molecular weight is 243 g/mol. The first-order valence-electron chi connectivity index (χ1n) is 6.05. The molecular formula is C15H17NO2. The number of aromatic nitrogens is 1. The number of rotatable bonds is 3. The highest BCUT2D eigenvalue weighted by Crippen LogP contribution is 2.27. The summed E-state index contributed by atoms with van der Waals surface area (Å²) in [6.07, 6.45) is 1.76. The van der Waals surface area contributed by atoms with Gasteiger partial charge in [0.2, 0.25) is 0 Å². The maximum Gasteiger partial charge on any atom is 0.355 e. The number of ether oxygens (including phenoxy) is 1. The highest BCUT2D eigenvalue weighted by atomic mass is 16.5. The van der Waals surface area contributed by atoms with Crippen LogP contribution in [-0.4, -0.2) is 17.6 Å². The minimum atomic E-state index is -0.308. The number of nitrogens with one attached hydrogen (secondary N) is 1. The zero-order chi connectivity index (χ0) is 13.1. The standard InChI is InChI=1S/C15H17NO2/c1-4-18-15(17)14-13(7-8-16-14)12-6-5-10(2)9-11(12)3/h5-9,16H,4H2,1-3H3. The van der Waals surface area contributed by atoms with Crippen molar-refractivity contribution in [1.82, 2.24) is 4.98 Å². The molecule has 0 saturated heterocycles. The van der Waals surface area contributed by atoms with Crippen LogP contribution in [0.4, 0.5) is 0 Å². The summed E-state index contributed by atoms with van der Waals surface area (Å²) in [7, 11) is 0. The van der Waals surface area contributed by atoms with Crippen LogP contribution < -0.4 is 0 Å². The van der Waals surface area contributed by atoms with Crippen LogP contribution in [0.1, 0.15) is 28.5 Å².